The van der Waals surface area contributed by atoms with Crippen molar-refractivity contribution in [2.45, 2.75) is 13.8 Å². The van der Waals surface area contributed by atoms with E-state index in [9.17, 15) is 9.13 Å². The number of hydrogen-bond acceptors (Lipinski definition) is 3. The normalized spacial score (nSPS) is 11.2. The van der Waals surface area contributed by atoms with Gasteiger partial charge in [0.05, 0.1) is 0 Å². The fourth-order valence-electron chi connectivity index (χ4n) is 0.697. The van der Waals surface area contributed by atoms with Gasteiger partial charge in [0.2, 0.25) is 0 Å². The topological polar surface area (TPSA) is 83.8 Å². The molecule has 0 saturated heterocycles. The van der Waals surface area contributed by atoms with Gasteiger partial charge in [-0.3, -0.25) is 0 Å². The van der Waals surface area contributed by atoms with Crippen molar-refractivity contribution in [1.29, 1.82) is 0 Å². The second-order valence-corrected chi connectivity index (χ2v) is 4.32. The van der Waals surface area contributed by atoms with Gasteiger partial charge in [0.25, 0.3) is 0 Å². The highest BCUT2D eigenvalue weighted by Gasteiger charge is 2.31. The Kier molecular flexibility index (Phi) is 7.22. The molecule has 1 aromatic carbocycles. The predicted molar refractivity (Wildman–Crippen MR) is 56.7 cm³/mol. The summed E-state index contributed by atoms with van der Waals surface area (Å²) < 4.78 is 22.2. The van der Waals surface area contributed by atoms with Gasteiger partial charge in [-0.2, -0.15) is 0 Å². The first-order valence-corrected chi connectivity index (χ1v) is 6.21. The zero-order valence-corrected chi connectivity index (χ0v) is 10.1. The van der Waals surface area contributed by atoms with Crippen LogP contribution in [0, 0.1) is 13.8 Å². The van der Waals surface area contributed by atoms with Gasteiger partial charge in [0, 0.05) is 9.13 Å². The SMILES string of the molecule is Cc1ccc(C)cc1.O=[P+](O)O[P+](=O)O. The van der Waals surface area contributed by atoms with E-state index in [4.69, 9.17) is 9.79 Å². The Morgan fingerprint density at radius 2 is 1.20 bits per heavy atom. The number of benzene rings is 1. The van der Waals surface area contributed by atoms with Crippen LogP contribution in [0.15, 0.2) is 24.3 Å². The quantitative estimate of drug-likeness (QED) is 0.788. The van der Waals surface area contributed by atoms with Gasteiger partial charge < -0.3 is 0 Å². The van der Waals surface area contributed by atoms with Crippen molar-refractivity contribution in [2.75, 3.05) is 0 Å². The van der Waals surface area contributed by atoms with E-state index in [1.165, 1.54) is 11.1 Å². The molecule has 0 aliphatic rings. The summed E-state index contributed by atoms with van der Waals surface area (Å²) in [6.45, 7) is 4.19. The molecule has 1 aromatic rings. The van der Waals surface area contributed by atoms with Crippen LogP contribution in [0.5, 0.6) is 0 Å². The highest BCUT2D eigenvalue weighted by molar-refractivity contribution is 7.46. The Hall–Kier alpha value is -0.700. The Bertz CT molecular complexity index is 302. The summed E-state index contributed by atoms with van der Waals surface area (Å²) in [6.07, 6.45) is 0. The molecule has 0 fully saturated rings. The van der Waals surface area contributed by atoms with E-state index < -0.39 is 16.5 Å². The summed E-state index contributed by atoms with van der Waals surface area (Å²) in [5.41, 5.74) is 2.66. The third kappa shape index (κ3) is 9.60. The first kappa shape index (κ1) is 14.3. The van der Waals surface area contributed by atoms with Gasteiger partial charge in [-0.25, -0.2) is 0 Å². The van der Waals surface area contributed by atoms with Crippen LogP contribution in [0.3, 0.4) is 0 Å². The highest BCUT2D eigenvalue weighted by Crippen LogP contribution is 2.30. The molecule has 2 N–H and O–H groups in total. The molecular weight excluding hydrogens is 238 g/mol. The molecule has 0 aliphatic carbocycles. The van der Waals surface area contributed by atoms with Crippen LogP contribution in [-0.4, -0.2) is 9.79 Å². The van der Waals surface area contributed by atoms with Crippen LogP contribution < -0.4 is 0 Å². The second kappa shape index (κ2) is 7.57. The summed E-state index contributed by atoms with van der Waals surface area (Å²) in [5.74, 6) is 0. The van der Waals surface area contributed by atoms with Gasteiger partial charge in [-0.1, -0.05) is 35.4 Å². The molecule has 1 rings (SSSR count). The minimum atomic E-state index is -2.92. The Labute approximate surface area is 89.6 Å². The summed E-state index contributed by atoms with van der Waals surface area (Å²) in [5, 5.41) is 0. The van der Waals surface area contributed by atoms with Crippen LogP contribution in [-0.2, 0) is 13.4 Å². The molecule has 0 saturated carbocycles. The van der Waals surface area contributed by atoms with E-state index in [0.29, 0.717) is 0 Å². The maximum Gasteiger partial charge on any atom is 0.745 e. The van der Waals surface area contributed by atoms with Crippen LogP contribution >= 0.6 is 16.5 Å². The van der Waals surface area contributed by atoms with E-state index >= 15 is 0 Å². The third-order valence-corrected chi connectivity index (χ3v) is 2.48. The lowest BCUT2D eigenvalue weighted by atomic mass is 10.2. The van der Waals surface area contributed by atoms with Crippen molar-refractivity contribution in [3.63, 3.8) is 0 Å². The van der Waals surface area contributed by atoms with E-state index in [-0.39, 0.29) is 0 Å². The van der Waals surface area contributed by atoms with Gasteiger partial charge in [0.15, 0.2) is 4.31 Å². The van der Waals surface area contributed by atoms with Crippen molar-refractivity contribution in [1.82, 2.24) is 0 Å². The molecule has 0 aromatic heterocycles. The first-order valence-electron chi connectivity index (χ1n) is 3.95. The molecule has 0 amide bonds. The highest BCUT2D eigenvalue weighted by atomic mass is 31.2. The van der Waals surface area contributed by atoms with Crippen molar-refractivity contribution in [2.24, 2.45) is 0 Å². The van der Waals surface area contributed by atoms with Crippen LogP contribution in [0.1, 0.15) is 11.1 Å². The summed E-state index contributed by atoms with van der Waals surface area (Å²) in [4.78, 5) is 15.3. The number of hydrogen-bond donors (Lipinski definition) is 2. The zero-order valence-electron chi connectivity index (χ0n) is 8.32. The standard InChI is InChI=1S/C8H10.O5P2/c1-7-3-5-8(2)6-4-7;1-6(2)5-7(3)4/h3-6H,1-2H3;/p+2. The molecule has 0 spiro atoms. The predicted octanol–water partition coefficient (Wildman–Crippen LogP) is 2.61. The number of aryl methyl sites for hydroxylation is 2. The molecule has 15 heavy (non-hydrogen) atoms. The molecule has 0 bridgehead atoms. The number of rotatable bonds is 2. The van der Waals surface area contributed by atoms with Gasteiger partial charge in [-0.05, 0) is 13.8 Å². The molecule has 7 heteroatoms. The van der Waals surface area contributed by atoms with E-state index in [1.807, 2.05) is 0 Å². The molecule has 82 valence electrons. The Morgan fingerprint density at radius 3 is 1.33 bits per heavy atom. The smallest absolute Gasteiger partial charge is 0.131 e. The lowest BCUT2D eigenvalue weighted by molar-refractivity contribution is 0.371. The average molecular weight is 250 g/mol. The van der Waals surface area contributed by atoms with Gasteiger partial charge in [0.1, 0.15) is 0 Å². The lowest BCUT2D eigenvalue weighted by Gasteiger charge is -1.90. The van der Waals surface area contributed by atoms with Crippen molar-refractivity contribution < 1.29 is 23.2 Å². The molecule has 2 unspecified atom stereocenters. The van der Waals surface area contributed by atoms with Crippen LogP contribution in [0.2, 0.25) is 0 Å². The zero-order chi connectivity index (χ0) is 11.8. The second-order valence-electron chi connectivity index (χ2n) is 2.71. The maximum atomic E-state index is 9.39. The average Bonchev–Trinajstić information content (AvgIpc) is 2.09. The van der Waals surface area contributed by atoms with Crippen molar-refractivity contribution in [3.8, 4) is 0 Å². The molecule has 0 aliphatic heterocycles. The molecule has 5 nitrogen and oxygen atoms in total. The maximum absolute atomic E-state index is 9.39. The Balaban J connectivity index is 0.000000265. The molecule has 0 heterocycles. The van der Waals surface area contributed by atoms with Crippen LogP contribution in [0.4, 0.5) is 0 Å². The molecule has 0 radical (unpaired) electrons. The largest absolute Gasteiger partial charge is 0.745 e. The van der Waals surface area contributed by atoms with Gasteiger partial charge >= 0.3 is 16.5 Å². The fourth-order valence-corrected chi connectivity index (χ4v) is 1.17. The lowest BCUT2D eigenvalue weighted by Crippen LogP contribution is -1.70. The minimum absolute atomic E-state index is 1.33. The van der Waals surface area contributed by atoms with E-state index in [2.05, 4.69) is 42.4 Å². The monoisotopic (exact) mass is 250 g/mol. The van der Waals surface area contributed by atoms with Crippen molar-refractivity contribution >= 4 is 16.5 Å². The summed E-state index contributed by atoms with van der Waals surface area (Å²) in [6, 6.07) is 8.48. The molecule has 2 atom stereocenters. The minimum Gasteiger partial charge on any atom is -0.131 e. The fraction of sp³-hybridized carbons (Fsp3) is 0.250. The first-order chi connectivity index (χ1) is 6.91. The summed E-state index contributed by atoms with van der Waals surface area (Å²) >= 11 is 0. The Morgan fingerprint density at radius 1 is 0.933 bits per heavy atom. The van der Waals surface area contributed by atoms with Crippen molar-refractivity contribution in [3.05, 3.63) is 35.4 Å². The van der Waals surface area contributed by atoms with E-state index in [0.717, 1.165) is 0 Å². The molecular formula is C8H12O5P2+2. The van der Waals surface area contributed by atoms with E-state index in [1.54, 1.807) is 0 Å². The third-order valence-electron chi connectivity index (χ3n) is 1.36. The van der Waals surface area contributed by atoms with Gasteiger partial charge in [-0.15, -0.1) is 9.79 Å². The summed E-state index contributed by atoms with van der Waals surface area (Å²) in [7, 11) is -5.85. The van der Waals surface area contributed by atoms with Crippen LogP contribution in [0.25, 0.3) is 0 Å².